The number of hydrogen-bond donors (Lipinski definition) is 2. The highest BCUT2D eigenvalue weighted by Crippen LogP contribution is 2.16. The molecule has 1 heterocycles. The smallest absolute Gasteiger partial charge is 0.338 e. The van der Waals surface area contributed by atoms with Crippen molar-refractivity contribution in [2.45, 2.75) is 6.54 Å². The Bertz CT molecular complexity index is 619. The molecule has 6 heteroatoms. The highest BCUT2D eigenvalue weighted by atomic mass is 79.9. The lowest BCUT2D eigenvalue weighted by Crippen LogP contribution is -2.05. The van der Waals surface area contributed by atoms with Crippen molar-refractivity contribution >= 4 is 27.6 Å². The van der Waals surface area contributed by atoms with Crippen LogP contribution in [0.2, 0.25) is 0 Å². The van der Waals surface area contributed by atoms with Gasteiger partial charge in [0.2, 0.25) is 0 Å². The molecule has 0 unspecified atom stereocenters. The van der Waals surface area contributed by atoms with Gasteiger partial charge in [-0.2, -0.15) is 0 Å². The normalized spacial score (nSPS) is 10.2. The quantitative estimate of drug-likeness (QED) is 0.847. The molecule has 1 aromatic heterocycles. The third-order valence-electron chi connectivity index (χ3n) is 2.44. The lowest BCUT2D eigenvalue weighted by atomic mass is 10.2. The molecule has 0 aliphatic carbocycles. The molecule has 0 saturated carbocycles. The highest BCUT2D eigenvalue weighted by molar-refractivity contribution is 9.10. The van der Waals surface area contributed by atoms with Gasteiger partial charge in [-0.3, -0.25) is 0 Å². The first-order valence-corrected chi connectivity index (χ1v) is 6.24. The van der Waals surface area contributed by atoms with Gasteiger partial charge in [-0.25, -0.2) is 14.2 Å². The molecule has 0 atom stereocenters. The van der Waals surface area contributed by atoms with Crippen LogP contribution in [-0.4, -0.2) is 16.1 Å². The van der Waals surface area contributed by atoms with E-state index in [9.17, 15) is 9.18 Å². The van der Waals surface area contributed by atoms with Crippen LogP contribution in [0.5, 0.6) is 0 Å². The number of benzene rings is 1. The number of nitrogens with zero attached hydrogens (tertiary/aromatic N) is 1. The molecule has 2 aromatic rings. The second-order valence-corrected chi connectivity index (χ2v) is 4.62. The van der Waals surface area contributed by atoms with E-state index in [2.05, 4.69) is 26.2 Å². The maximum absolute atomic E-state index is 13.2. The Morgan fingerprint density at radius 1 is 1.37 bits per heavy atom. The van der Waals surface area contributed by atoms with Gasteiger partial charge >= 0.3 is 5.97 Å². The molecule has 98 valence electrons. The summed E-state index contributed by atoms with van der Waals surface area (Å²) in [6, 6.07) is 9.36. The third kappa shape index (κ3) is 3.51. The topological polar surface area (TPSA) is 62.2 Å². The molecule has 0 radical (unpaired) electrons. The molecule has 0 saturated heterocycles. The van der Waals surface area contributed by atoms with Crippen LogP contribution < -0.4 is 5.32 Å². The molecule has 4 nitrogen and oxygen atoms in total. The molecule has 0 aliphatic rings. The summed E-state index contributed by atoms with van der Waals surface area (Å²) in [7, 11) is 0. The van der Waals surface area contributed by atoms with Crippen molar-refractivity contribution in [1.82, 2.24) is 4.98 Å². The predicted molar refractivity (Wildman–Crippen MR) is 72.6 cm³/mol. The molecule has 2 N–H and O–H groups in total. The summed E-state index contributed by atoms with van der Waals surface area (Å²) in [5.41, 5.74) is 0.961. The second-order valence-electron chi connectivity index (χ2n) is 3.80. The minimum atomic E-state index is -1.29. The standard InChI is InChI=1S/C13H10BrFN2O2/c14-12-3-1-2-9(17-12)7-16-8-4-5-11(15)10(6-8)13(18)19/h1-6,16H,7H2,(H,18,19). The number of aromatic nitrogens is 1. The molecule has 19 heavy (non-hydrogen) atoms. The molecule has 1 aromatic carbocycles. The van der Waals surface area contributed by atoms with Gasteiger partial charge in [-0.05, 0) is 46.3 Å². The summed E-state index contributed by atoms with van der Waals surface area (Å²) in [6.45, 7) is 0.421. The van der Waals surface area contributed by atoms with Gasteiger partial charge in [0.15, 0.2) is 0 Å². The number of carboxylic acid groups (broad SMARTS) is 1. The van der Waals surface area contributed by atoms with Gasteiger partial charge in [0, 0.05) is 5.69 Å². The minimum Gasteiger partial charge on any atom is -0.478 e. The lowest BCUT2D eigenvalue weighted by molar-refractivity contribution is 0.0692. The van der Waals surface area contributed by atoms with Crippen LogP contribution in [0.25, 0.3) is 0 Å². The Kier molecular flexibility index (Phi) is 4.11. The van der Waals surface area contributed by atoms with E-state index in [1.165, 1.54) is 12.1 Å². The Labute approximate surface area is 117 Å². The molecular formula is C13H10BrFN2O2. The zero-order valence-corrected chi connectivity index (χ0v) is 11.3. The second kappa shape index (κ2) is 5.79. The van der Waals surface area contributed by atoms with E-state index in [1.807, 2.05) is 18.2 Å². The summed E-state index contributed by atoms with van der Waals surface area (Å²) < 4.78 is 13.9. The van der Waals surface area contributed by atoms with Crippen molar-refractivity contribution in [2.75, 3.05) is 5.32 Å². The average Bonchev–Trinajstić information content (AvgIpc) is 2.37. The molecule has 0 bridgehead atoms. The van der Waals surface area contributed by atoms with Gasteiger partial charge in [0.25, 0.3) is 0 Å². The average molecular weight is 325 g/mol. The Balaban J connectivity index is 2.12. The number of aromatic carboxylic acids is 1. The Morgan fingerprint density at radius 2 is 2.16 bits per heavy atom. The summed E-state index contributed by atoms with van der Waals surface area (Å²) in [5.74, 6) is -2.04. The van der Waals surface area contributed by atoms with Crippen molar-refractivity contribution in [3.63, 3.8) is 0 Å². The van der Waals surface area contributed by atoms with Gasteiger partial charge in [0.05, 0.1) is 17.8 Å². The van der Waals surface area contributed by atoms with Gasteiger partial charge < -0.3 is 10.4 Å². The van der Waals surface area contributed by atoms with Crippen LogP contribution in [0.3, 0.4) is 0 Å². The van der Waals surface area contributed by atoms with Crippen molar-refractivity contribution in [2.24, 2.45) is 0 Å². The predicted octanol–water partition coefficient (Wildman–Crippen LogP) is 3.29. The summed E-state index contributed by atoms with van der Waals surface area (Å²) in [5, 5.41) is 11.8. The van der Waals surface area contributed by atoms with Gasteiger partial charge in [0.1, 0.15) is 10.4 Å². The number of pyridine rings is 1. The summed E-state index contributed by atoms with van der Waals surface area (Å²) in [4.78, 5) is 15.0. The molecule has 0 fully saturated rings. The van der Waals surface area contributed by atoms with Crippen molar-refractivity contribution in [3.05, 3.63) is 58.1 Å². The number of rotatable bonds is 4. The first kappa shape index (κ1) is 13.5. The SMILES string of the molecule is O=C(O)c1cc(NCc2cccc(Br)n2)ccc1F. The van der Waals surface area contributed by atoms with Crippen LogP contribution in [0.15, 0.2) is 41.0 Å². The Morgan fingerprint density at radius 3 is 2.84 bits per heavy atom. The molecule has 2 rings (SSSR count). The fourth-order valence-corrected chi connectivity index (χ4v) is 1.92. The van der Waals surface area contributed by atoms with Crippen molar-refractivity contribution in [1.29, 1.82) is 0 Å². The van der Waals surface area contributed by atoms with E-state index in [4.69, 9.17) is 5.11 Å². The summed E-state index contributed by atoms with van der Waals surface area (Å²) in [6.07, 6.45) is 0. The van der Waals surface area contributed by atoms with E-state index in [1.54, 1.807) is 0 Å². The zero-order valence-electron chi connectivity index (χ0n) is 9.73. The van der Waals surface area contributed by atoms with Crippen molar-refractivity contribution in [3.8, 4) is 0 Å². The molecule has 0 aliphatic heterocycles. The first-order valence-electron chi connectivity index (χ1n) is 5.44. The fourth-order valence-electron chi connectivity index (χ4n) is 1.54. The van der Waals surface area contributed by atoms with E-state index in [0.717, 1.165) is 16.4 Å². The lowest BCUT2D eigenvalue weighted by Gasteiger charge is -2.07. The van der Waals surface area contributed by atoms with E-state index in [0.29, 0.717) is 12.2 Å². The maximum Gasteiger partial charge on any atom is 0.338 e. The molecule has 0 amide bonds. The third-order valence-corrected chi connectivity index (χ3v) is 2.88. The van der Waals surface area contributed by atoms with Crippen LogP contribution in [0, 0.1) is 5.82 Å². The maximum atomic E-state index is 13.2. The molecular weight excluding hydrogens is 315 g/mol. The largest absolute Gasteiger partial charge is 0.478 e. The first-order chi connectivity index (χ1) is 9.06. The van der Waals surface area contributed by atoms with Crippen LogP contribution in [0.1, 0.15) is 16.1 Å². The Hall–Kier alpha value is -1.95. The van der Waals surface area contributed by atoms with Gasteiger partial charge in [-0.15, -0.1) is 0 Å². The van der Waals surface area contributed by atoms with E-state index >= 15 is 0 Å². The number of anilines is 1. The monoisotopic (exact) mass is 324 g/mol. The number of carboxylic acids is 1. The number of hydrogen-bond acceptors (Lipinski definition) is 3. The van der Waals surface area contributed by atoms with Crippen LogP contribution in [0.4, 0.5) is 10.1 Å². The van der Waals surface area contributed by atoms with Crippen molar-refractivity contribution < 1.29 is 14.3 Å². The number of halogens is 2. The highest BCUT2D eigenvalue weighted by Gasteiger charge is 2.10. The zero-order chi connectivity index (χ0) is 13.8. The summed E-state index contributed by atoms with van der Waals surface area (Å²) >= 11 is 3.26. The fraction of sp³-hybridized carbons (Fsp3) is 0.0769. The van der Waals surface area contributed by atoms with Crippen LogP contribution in [-0.2, 0) is 6.54 Å². The molecule has 0 spiro atoms. The van der Waals surface area contributed by atoms with Crippen LogP contribution >= 0.6 is 15.9 Å². The van der Waals surface area contributed by atoms with E-state index in [-0.39, 0.29) is 5.56 Å². The van der Waals surface area contributed by atoms with E-state index < -0.39 is 11.8 Å². The number of carbonyl (C=O) groups is 1. The van der Waals surface area contributed by atoms with Gasteiger partial charge in [-0.1, -0.05) is 6.07 Å². The minimum absolute atomic E-state index is 0.354. The number of nitrogens with one attached hydrogen (secondary N) is 1.